The lowest BCUT2D eigenvalue weighted by Crippen LogP contribution is -2.35. The summed E-state index contributed by atoms with van der Waals surface area (Å²) in [5.74, 6) is -0.723. The normalized spacial score (nSPS) is 19.8. The number of sulfonamides is 1. The van der Waals surface area contributed by atoms with Crippen LogP contribution in [0, 0.1) is 5.82 Å². The maximum absolute atomic E-state index is 14.1. The van der Waals surface area contributed by atoms with Gasteiger partial charge in [0.15, 0.2) is 0 Å². The number of benzene rings is 2. The van der Waals surface area contributed by atoms with E-state index in [2.05, 4.69) is 0 Å². The molecule has 1 aliphatic heterocycles. The molecule has 0 unspecified atom stereocenters. The molecule has 1 saturated heterocycles. The van der Waals surface area contributed by atoms with Gasteiger partial charge in [0.2, 0.25) is 10.0 Å². The van der Waals surface area contributed by atoms with E-state index >= 15 is 0 Å². The minimum Gasteiger partial charge on any atom is -0.207 e. The van der Waals surface area contributed by atoms with Crippen molar-refractivity contribution in [2.75, 3.05) is 6.54 Å². The summed E-state index contributed by atoms with van der Waals surface area (Å²) in [4.78, 5) is -0.274. The first kappa shape index (κ1) is 17.4. The highest BCUT2D eigenvalue weighted by molar-refractivity contribution is 7.89. The Morgan fingerprint density at radius 2 is 1.71 bits per heavy atom. The van der Waals surface area contributed by atoms with Crippen LogP contribution in [0.5, 0.6) is 0 Å². The monoisotopic (exact) mass is 367 g/mol. The maximum Gasteiger partial charge on any atom is 0.246 e. The van der Waals surface area contributed by atoms with Crippen LogP contribution in [-0.4, -0.2) is 19.3 Å². The second-order valence-electron chi connectivity index (χ2n) is 5.93. The smallest absolute Gasteiger partial charge is 0.207 e. The van der Waals surface area contributed by atoms with Crippen LogP contribution >= 0.6 is 11.6 Å². The van der Waals surface area contributed by atoms with E-state index in [-0.39, 0.29) is 10.9 Å². The predicted octanol–water partition coefficient (Wildman–Crippen LogP) is 4.79. The molecule has 3 nitrogen and oxygen atoms in total. The van der Waals surface area contributed by atoms with Crippen LogP contribution in [-0.2, 0) is 10.0 Å². The molecule has 1 fully saturated rings. The van der Waals surface area contributed by atoms with Gasteiger partial charge in [-0.2, -0.15) is 4.31 Å². The predicted molar refractivity (Wildman–Crippen MR) is 93.0 cm³/mol. The molecular formula is C18H19ClFNO2S. The minimum atomic E-state index is -3.93. The summed E-state index contributed by atoms with van der Waals surface area (Å²) in [6.45, 7) is 0.368. The quantitative estimate of drug-likeness (QED) is 0.782. The standard InChI is InChI=1S/C18H19ClFNO2S/c19-15-9-4-3-8-14(15)17-11-2-1-7-13-21(17)24(22,23)18-12-6-5-10-16(18)20/h3-6,8-10,12,17H,1-2,7,11,13H2/t17-/m1/s1. The first-order valence-electron chi connectivity index (χ1n) is 8.02. The van der Waals surface area contributed by atoms with E-state index in [0.717, 1.165) is 24.8 Å². The van der Waals surface area contributed by atoms with Gasteiger partial charge in [-0.25, -0.2) is 12.8 Å². The molecule has 2 aromatic carbocycles. The van der Waals surface area contributed by atoms with Gasteiger partial charge < -0.3 is 0 Å². The highest BCUT2D eigenvalue weighted by Gasteiger charge is 2.35. The number of nitrogens with zero attached hydrogens (tertiary/aromatic N) is 1. The molecule has 24 heavy (non-hydrogen) atoms. The van der Waals surface area contributed by atoms with Crippen LogP contribution in [0.15, 0.2) is 53.4 Å². The molecule has 0 saturated carbocycles. The Bertz CT molecular complexity index is 825. The van der Waals surface area contributed by atoms with Crippen molar-refractivity contribution in [3.8, 4) is 0 Å². The molecule has 1 heterocycles. The van der Waals surface area contributed by atoms with Gasteiger partial charge in [-0.05, 0) is 36.6 Å². The van der Waals surface area contributed by atoms with Gasteiger partial charge in [0.25, 0.3) is 0 Å². The van der Waals surface area contributed by atoms with Crippen molar-refractivity contribution in [3.63, 3.8) is 0 Å². The number of hydrogen-bond donors (Lipinski definition) is 0. The van der Waals surface area contributed by atoms with Crippen molar-refractivity contribution in [2.45, 2.75) is 36.6 Å². The SMILES string of the molecule is O=S(=O)(c1ccccc1F)N1CCCCC[C@@H]1c1ccccc1Cl. The van der Waals surface area contributed by atoms with Crippen LogP contribution in [0.25, 0.3) is 0 Å². The maximum atomic E-state index is 14.1. The summed E-state index contributed by atoms with van der Waals surface area (Å²) in [5, 5.41) is 0.540. The summed E-state index contributed by atoms with van der Waals surface area (Å²) in [6.07, 6.45) is 3.30. The van der Waals surface area contributed by atoms with Crippen molar-refractivity contribution in [1.29, 1.82) is 0 Å². The molecule has 0 aromatic heterocycles. The van der Waals surface area contributed by atoms with E-state index in [1.165, 1.54) is 28.6 Å². The first-order valence-corrected chi connectivity index (χ1v) is 9.84. The molecular weight excluding hydrogens is 349 g/mol. The third-order valence-corrected chi connectivity index (χ3v) is 6.68. The van der Waals surface area contributed by atoms with E-state index in [0.29, 0.717) is 18.0 Å². The zero-order valence-corrected chi connectivity index (χ0v) is 14.7. The molecule has 0 amide bonds. The molecule has 3 rings (SSSR count). The molecule has 0 N–H and O–H groups in total. The second-order valence-corrected chi connectivity index (χ2v) is 8.20. The van der Waals surface area contributed by atoms with Gasteiger partial charge in [0.05, 0.1) is 6.04 Å². The number of halogens is 2. The Balaban J connectivity index is 2.08. The largest absolute Gasteiger partial charge is 0.246 e. The third kappa shape index (κ3) is 3.34. The van der Waals surface area contributed by atoms with Crippen molar-refractivity contribution >= 4 is 21.6 Å². The van der Waals surface area contributed by atoms with E-state index in [4.69, 9.17) is 11.6 Å². The van der Waals surface area contributed by atoms with E-state index in [1.807, 2.05) is 18.2 Å². The average molecular weight is 368 g/mol. The summed E-state index contributed by atoms with van der Waals surface area (Å²) in [5.41, 5.74) is 0.779. The fraction of sp³-hybridized carbons (Fsp3) is 0.333. The van der Waals surface area contributed by atoms with E-state index < -0.39 is 15.8 Å². The molecule has 0 spiro atoms. The van der Waals surface area contributed by atoms with Crippen LogP contribution in [0.3, 0.4) is 0 Å². The van der Waals surface area contributed by atoms with Crippen LogP contribution in [0.1, 0.15) is 37.3 Å². The lowest BCUT2D eigenvalue weighted by atomic mass is 10.0. The number of hydrogen-bond acceptors (Lipinski definition) is 2. The number of rotatable bonds is 3. The van der Waals surface area contributed by atoms with Gasteiger partial charge in [0, 0.05) is 11.6 Å². The Labute approximate surface area is 147 Å². The Morgan fingerprint density at radius 3 is 2.46 bits per heavy atom. The van der Waals surface area contributed by atoms with Gasteiger partial charge in [-0.1, -0.05) is 54.8 Å². The summed E-state index contributed by atoms with van der Waals surface area (Å²) in [7, 11) is -3.93. The molecule has 6 heteroatoms. The van der Waals surface area contributed by atoms with Gasteiger partial charge in [-0.3, -0.25) is 0 Å². The summed E-state index contributed by atoms with van der Waals surface area (Å²) >= 11 is 6.31. The van der Waals surface area contributed by atoms with Crippen molar-refractivity contribution < 1.29 is 12.8 Å². The fourth-order valence-corrected chi connectivity index (χ4v) is 5.21. The summed E-state index contributed by atoms with van der Waals surface area (Å²) < 4.78 is 41.7. The third-order valence-electron chi connectivity index (χ3n) is 4.39. The lowest BCUT2D eigenvalue weighted by molar-refractivity contribution is 0.327. The molecule has 0 bridgehead atoms. The van der Waals surface area contributed by atoms with Crippen molar-refractivity contribution in [3.05, 3.63) is 64.9 Å². The Hall–Kier alpha value is -1.43. The van der Waals surface area contributed by atoms with Crippen LogP contribution in [0.4, 0.5) is 4.39 Å². The van der Waals surface area contributed by atoms with E-state index in [9.17, 15) is 12.8 Å². The molecule has 0 radical (unpaired) electrons. The van der Waals surface area contributed by atoms with Crippen LogP contribution in [0.2, 0.25) is 5.02 Å². The zero-order valence-electron chi connectivity index (χ0n) is 13.2. The van der Waals surface area contributed by atoms with Crippen molar-refractivity contribution in [1.82, 2.24) is 4.31 Å². The molecule has 128 valence electrons. The highest BCUT2D eigenvalue weighted by Crippen LogP contribution is 2.37. The second kappa shape index (κ2) is 7.21. The zero-order chi connectivity index (χ0) is 17.2. The minimum absolute atomic E-state index is 0.274. The van der Waals surface area contributed by atoms with E-state index in [1.54, 1.807) is 6.07 Å². The van der Waals surface area contributed by atoms with Gasteiger partial charge >= 0.3 is 0 Å². The lowest BCUT2D eigenvalue weighted by Gasteiger charge is -2.30. The highest BCUT2D eigenvalue weighted by atomic mass is 35.5. The Kier molecular flexibility index (Phi) is 5.23. The van der Waals surface area contributed by atoms with Crippen molar-refractivity contribution in [2.24, 2.45) is 0 Å². The topological polar surface area (TPSA) is 37.4 Å². The average Bonchev–Trinajstić information content (AvgIpc) is 2.82. The van der Waals surface area contributed by atoms with Crippen LogP contribution < -0.4 is 0 Å². The van der Waals surface area contributed by atoms with Gasteiger partial charge in [0.1, 0.15) is 10.7 Å². The summed E-state index contributed by atoms with van der Waals surface area (Å²) in [6, 6.07) is 12.4. The Morgan fingerprint density at radius 1 is 1.00 bits per heavy atom. The fourth-order valence-electron chi connectivity index (χ4n) is 3.21. The van der Waals surface area contributed by atoms with Gasteiger partial charge in [-0.15, -0.1) is 0 Å². The molecule has 1 aliphatic rings. The molecule has 1 atom stereocenters. The first-order chi connectivity index (χ1) is 11.5. The molecule has 0 aliphatic carbocycles. The molecule has 2 aromatic rings.